The van der Waals surface area contributed by atoms with Crippen LogP contribution in [0.2, 0.25) is 0 Å². The second-order valence-electron chi connectivity index (χ2n) is 4.19. The van der Waals surface area contributed by atoms with Crippen molar-refractivity contribution in [3.63, 3.8) is 0 Å². The molecule has 1 unspecified atom stereocenters. The van der Waals surface area contributed by atoms with Gasteiger partial charge in [0.1, 0.15) is 0 Å². The van der Waals surface area contributed by atoms with Gasteiger partial charge in [0, 0.05) is 19.1 Å². The van der Waals surface area contributed by atoms with Crippen molar-refractivity contribution in [1.29, 1.82) is 0 Å². The highest BCUT2D eigenvalue weighted by Crippen LogP contribution is 2.08. The molecule has 0 radical (unpaired) electrons. The van der Waals surface area contributed by atoms with E-state index in [9.17, 15) is 4.79 Å². The molecule has 3 heteroatoms. The number of nitrogens with zero attached hydrogens (tertiary/aromatic N) is 1. The number of likely N-dealkylation sites (tertiary alicyclic amines) is 1. The van der Waals surface area contributed by atoms with Gasteiger partial charge in [-0.3, -0.25) is 0 Å². The summed E-state index contributed by atoms with van der Waals surface area (Å²) in [6.45, 7) is 6.14. The standard InChI is InChI=1S/C11H22N2O/c1-3-4-7-10(2)12-11(14)13-8-5-6-9-13/h10H,3-9H2,1-2H3,(H,12,14). The molecule has 0 bridgehead atoms. The van der Waals surface area contributed by atoms with E-state index in [-0.39, 0.29) is 6.03 Å². The number of unbranched alkanes of at least 4 members (excludes halogenated alkanes) is 1. The molecule has 1 N–H and O–H groups in total. The highest BCUT2D eigenvalue weighted by Gasteiger charge is 2.18. The zero-order valence-corrected chi connectivity index (χ0v) is 9.38. The van der Waals surface area contributed by atoms with Crippen molar-refractivity contribution in [2.24, 2.45) is 0 Å². The van der Waals surface area contributed by atoms with Crippen LogP contribution in [0.1, 0.15) is 46.0 Å². The van der Waals surface area contributed by atoms with E-state index >= 15 is 0 Å². The topological polar surface area (TPSA) is 32.3 Å². The Morgan fingerprint density at radius 3 is 2.64 bits per heavy atom. The molecule has 82 valence electrons. The fourth-order valence-corrected chi connectivity index (χ4v) is 1.80. The van der Waals surface area contributed by atoms with E-state index in [1.165, 1.54) is 12.8 Å². The average molecular weight is 198 g/mol. The van der Waals surface area contributed by atoms with E-state index in [1.807, 2.05) is 4.90 Å². The number of carbonyl (C=O) groups is 1. The van der Waals surface area contributed by atoms with Gasteiger partial charge in [-0.2, -0.15) is 0 Å². The van der Waals surface area contributed by atoms with Crippen LogP contribution < -0.4 is 5.32 Å². The highest BCUT2D eigenvalue weighted by molar-refractivity contribution is 5.74. The van der Waals surface area contributed by atoms with Gasteiger partial charge in [-0.05, 0) is 26.2 Å². The lowest BCUT2D eigenvalue weighted by atomic mass is 10.1. The van der Waals surface area contributed by atoms with Crippen LogP contribution >= 0.6 is 0 Å². The zero-order chi connectivity index (χ0) is 10.4. The van der Waals surface area contributed by atoms with Gasteiger partial charge in [0.2, 0.25) is 0 Å². The van der Waals surface area contributed by atoms with Crippen LogP contribution in [-0.2, 0) is 0 Å². The minimum absolute atomic E-state index is 0.131. The molecule has 1 aliphatic rings. The lowest BCUT2D eigenvalue weighted by Crippen LogP contribution is -2.42. The van der Waals surface area contributed by atoms with Gasteiger partial charge in [0.15, 0.2) is 0 Å². The van der Waals surface area contributed by atoms with E-state index in [0.29, 0.717) is 6.04 Å². The van der Waals surface area contributed by atoms with Crippen LogP contribution in [0.5, 0.6) is 0 Å². The van der Waals surface area contributed by atoms with E-state index in [4.69, 9.17) is 0 Å². The molecule has 1 aliphatic heterocycles. The molecule has 1 rings (SSSR count). The number of rotatable bonds is 4. The summed E-state index contributed by atoms with van der Waals surface area (Å²) >= 11 is 0. The van der Waals surface area contributed by atoms with Crippen molar-refractivity contribution in [3.05, 3.63) is 0 Å². The molecule has 0 aliphatic carbocycles. The van der Waals surface area contributed by atoms with E-state index in [0.717, 1.165) is 32.4 Å². The minimum Gasteiger partial charge on any atom is -0.336 e. The number of urea groups is 1. The quantitative estimate of drug-likeness (QED) is 0.739. The largest absolute Gasteiger partial charge is 0.336 e. The Hall–Kier alpha value is -0.730. The summed E-state index contributed by atoms with van der Waals surface area (Å²) in [6, 6.07) is 0.453. The molecule has 1 atom stereocenters. The Kier molecular flexibility index (Phi) is 4.77. The molecule has 14 heavy (non-hydrogen) atoms. The van der Waals surface area contributed by atoms with Gasteiger partial charge < -0.3 is 10.2 Å². The maximum absolute atomic E-state index is 11.6. The summed E-state index contributed by atoms with van der Waals surface area (Å²) in [6.07, 6.45) is 5.81. The first-order valence-electron chi connectivity index (χ1n) is 5.79. The third-order valence-electron chi connectivity index (χ3n) is 2.75. The molecule has 0 aromatic heterocycles. The fourth-order valence-electron chi connectivity index (χ4n) is 1.80. The maximum atomic E-state index is 11.6. The average Bonchev–Trinajstić information content (AvgIpc) is 2.67. The Balaban J connectivity index is 2.18. The number of hydrogen-bond donors (Lipinski definition) is 1. The van der Waals surface area contributed by atoms with Crippen LogP contribution in [0.15, 0.2) is 0 Å². The monoisotopic (exact) mass is 198 g/mol. The number of amides is 2. The highest BCUT2D eigenvalue weighted by atomic mass is 16.2. The lowest BCUT2D eigenvalue weighted by molar-refractivity contribution is 0.204. The smallest absolute Gasteiger partial charge is 0.317 e. The Morgan fingerprint density at radius 2 is 2.07 bits per heavy atom. The van der Waals surface area contributed by atoms with Gasteiger partial charge in [-0.25, -0.2) is 4.79 Å². The molecule has 2 amide bonds. The lowest BCUT2D eigenvalue weighted by Gasteiger charge is -2.20. The summed E-state index contributed by atoms with van der Waals surface area (Å²) in [4.78, 5) is 13.6. The predicted octanol–water partition coefficient (Wildman–Crippen LogP) is 2.37. The number of nitrogens with one attached hydrogen (secondary N) is 1. The van der Waals surface area contributed by atoms with Gasteiger partial charge in [0.05, 0.1) is 0 Å². The molecule has 0 spiro atoms. The second kappa shape index (κ2) is 5.89. The zero-order valence-electron chi connectivity index (χ0n) is 9.38. The maximum Gasteiger partial charge on any atom is 0.317 e. The first-order chi connectivity index (χ1) is 6.74. The number of carbonyl (C=O) groups excluding carboxylic acids is 1. The summed E-state index contributed by atoms with van der Waals surface area (Å²) in [5.41, 5.74) is 0. The second-order valence-corrected chi connectivity index (χ2v) is 4.19. The molecule has 1 heterocycles. The fraction of sp³-hybridized carbons (Fsp3) is 0.909. The van der Waals surface area contributed by atoms with Gasteiger partial charge in [-0.15, -0.1) is 0 Å². The normalized spacial score (nSPS) is 18.3. The molecule has 3 nitrogen and oxygen atoms in total. The van der Waals surface area contributed by atoms with Crippen molar-refractivity contribution in [2.75, 3.05) is 13.1 Å². The number of hydrogen-bond acceptors (Lipinski definition) is 1. The predicted molar refractivity (Wildman–Crippen MR) is 58.3 cm³/mol. The Labute approximate surface area is 86.9 Å². The summed E-state index contributed by atoms with van der Waals surface area (Å²) in [5, 5.41) is 3.04. The van der Waals surface area contributed by atoms with Crippen LogP contribution in [0.25, 0.3) is 0 Å². The first kappa shape index (κ1) is 11.3. The third kappa shape index (κ3) is 3.56. The van der Waals surface area contributed by atoms with Crippen molar-refractivity contribution >= 4 is 6.03 Å². The van der Waals surface area contributed by atoms with E-state index in [1.54, 1.807) is 0 Å². The van der Waals surface area contributed by atoms with Gasteiger partial charge in [0.25, 0.3) is 0 Å². The van der Waals surface area contributed by atoms with Crippen LogP contribution in [0.4, 0.5) is 4.79 Å². The van der Waals surface area contributed by atoms with Crippen LogP contribution in [-0.4, -0.2) is 30.1 Å². The van der Waals surface area contributed by atoms with E-state index < -0.39 is 0 Å². The van der Waals surface area contributed by atoms with Crippen LogP contribution in [0, 0.1) is 0 Å². The van der Waals surface area contributed by atoms with Gasteiger partial charge >= 0.3 is 6.03 Å². The summed E-state index contributed by atoms with van der Waals surface area (Å²) < 4.78 is 0. The van der Waals surface area contributed by atoms with Crippen LogP contribution in [0.3, 0.4) is 0 Å². The molecule has 1 fully saturated rings. The molecule has 1 saturated heterocycles. The van der Waals surface area contributed by atoms with Crippen molar-refractivity contribution in [1.82, 2.24) is 10.2 Å². The van der Waals surface area contributed by atoms with Crippen molar-refractivity contribution in [3.8, 4) is 0 Å². The molecule has 0 saturated carbocycles. The minimum atomic E-state index is 0.131. The Morgan fingerprint density at radius 1 is 1.43 bits per heavy atom. The summed E-state index contributed by atoms with van der Waals surface area (Å²) in [7, 11) is 0. The SMILES string of the molecule is CCCCC(C)NC(=O)N1CCCC1. The Bertz CT molecular complexity index is 176. The third-order valence-corrected chi connectivity index (χ3v) is 2.75. The van der Waals surface area contributed by atoms with Crippen molar-refractivity contribution in [2.45, 2.75) is 52.0 Å². The molecular weight excluding hydrogens is 176 g/mol. The van der Waals surface area contributed by atoms with Crippen molar-refractivity contribution < 1.29 is 4.79 Å². The first-order valence-corrected chi connectivity index (χ1v) is 5.79. The van der Waals surface area contributed by atoms with Gasteiger partial charge in [-0.1, -0.05) is 19.8 Å². The molecular formula is C11H22N2O. The molecule has 0 aromatic rings. The molecule has 0 aromatic carbocycles. The van der Waals surface area contributed by atoms with E-state index in [2.05, 4.69) is 19.2 Å². The summed E-state index contributed by atoms with van der Waals surface area (Å²) in [5.74, 6) is 0.